The number of rotatable bonds is 3. The summed E-state index contributed by atoms with van der Waals surface area (Å²) in [5.41, 5.74) is 1.89. The van der Waals surface area contributed by atoms with Crippen molar-refractivity contribution in [3.8, 4) is 10.4 Å². The van der Waals surface area contributed by atoms with Gasteiger partial charge in [0.2, 0.25) is 0 Å². The highest BCUT2D eigenvalue weighted by atomic mass is 32.1. The Morgan fingerprint density at radius 3 is 2.47 bits per heavy atom. The normalized spacial score (nSPS) is 10.1. The average Bonchev–Trinajstić information content (AvgIpc) is 2.71. The van der Waals surface area contributed by atoms with Gasteiger partial charge in [-0.05, 0) is 22.6 Å². The minimum atomic E-state index is -1.04. The largest absolute Gasteiger partial charge is 0.550 e. The second-order valence-corrected chi connectivity index (χ2v) is 4.17. The second kappa shape index (κ2) is 4.28. The van der Waals surface area contributed by atoms with Crippen LogP contribution in [-0.2, 0) is 11.2 Å². The topological polar surface area (TPSA) is 40.1 Å². The van der Waals surface area contributed by atoms with Gasteiger partial charge < -0.3 is 9.90 Å². The molecule has 76 valence electrons. The molecule has 3 heteroatoms. The third-order valence-electron chi connectivity index (χ3n) is 2.11. The summed E-state index contributed by atoms with van der Waals surface area (Å²) in [5, 5.41) is 12.4. The summed E-state index contributed by atoms with van der Waals surface area (Å²) in [7, 11) is 0. The molecule has 0 saturated heterocycles. The van der Waals surface area contributed by atoms with E-state index < -0.39 is 5.97 Å². The van der Waals surface area contributed by atoms with Crippen molar-refractivity contribution in [3.05, 3.63) is 47.3 Å². The molecule has 15 heavy (non-hydrogen) atoms. The van der Waals surface area contributed by atoms with Crippen molar-refractivity contribution >= 4 is 17.3 Å². The third kappa shape index (κ3) is 2.44. The van der Waals surface area contributed by atoms with E-state index >= 15 is 0 Å². The molecular weight excluding hydrogens is 208 g/mol. The summed E-state index contributed by atoms with van der Waals surface area (Å²) in [4.78, 5) is 11.6. The average molecular weight is 217 g/mol. The molecule has 2 rings (SSSR count). The Bertz CT molecular complexity index is 443. The zero-order valence-electron chi connectivity index (χ0n) is 7.97. The number of thiophene rings is 1. The molecule has 0 aliphatic heterocycles. The van der Waals surface area contributed by atoms with Crippen LogP contribution in [0.1, 0.15) is 5.56 Å². The number of carbonyl (C=O) groups is 1. The molecule has 0 bridgehead atoms. The molecule has 0 spiro atoms. The molecule has 0 aliphatic carbocycles. The van der Waals surface area contributed by atoms with E-state index in [1.165, 1.54) is 4.88 Å². The van der Waals surface area contributed by atoms with Crippen molar-refractivity contribution in [1.82, 2.24) is 0 Å². The molecule has 1 heterocycles. The van der Waals surface area contributed by atoms with E-state index in [4.69, 9.17) is 0 Å². The van der Waals surface area contributed by atoms with Crippen LogP contribution in [0.3, 0.4) is 0 Å². The van der Waals surface area contributed by atoms with E-state index in [1.807, 2.05) is 41.8 Å². The zero-order valence-corrected chi connectivity index (χ0v) is 8.79. The number of aliphatic carboxylic acids is 1. The fourth-order valence-corrected chi connectivity index (χ4v) is 2.13. The quantitative estimate of drug-likeness (QED) is 0.785. The minimum Gasteiger partial charge on any atom is -0.550 e. The molecule has 0 amide bonds. The molecule has 0 atom stereocenters. The lowest BCUT2D eigenvalue weighted by molar-refractivity contribution is -0.304. The monoisotopic (exact) mass is 217 g/mol. The fraction of sp³-hybridized carbons (Fsp3) is 0.0833. The SMILES string of the molecule is O=C([O-])Cc1ccc(-c2cccs2)cc1. The van der Waals surface area contributed by atoms with Crippen molar-refractivity contribution in [1.29, 1.82) is 0 Å². The number of hydrogen-bond donors (Lipinski definition) is 0. The molecule has 0 unspecified atom stereocenters. The van der Waals surface area contributed by atoms with Crippen molar-refractivity contribution in [2.45, 2.75) is 6.42 Å². The van der Waals surface area contributed by atoms with E-state index in [9.17, 15) is 9.90 Å². The fourth-order valence-electron chi connectivity index (χ4n) is 1.40. The first-order valence-electron chi connectivity index (χ1n) is 4.58. The molecule has 0 aliphatic rings. The molecule has 1 aromatic heterocycles. The van der Waals surface area contributed by atoms with Crippen LogP contribution < -0.4 is 5.11 Å². The Labute approximate surface area is 91.8 Å². The molecule has 1 aromatic carbocycles. The minimum absolute atomic E-state index is 0.0231. The lowest BCUT2D eigenvalue weighted by atomic mass is 10.1. The molecule has 0 fully saturated rings. The maximum Gasteiger partial charge on any atom is 0.0458 e. The van der Waals surface area contributed by atoms with Crippen molar-refractivity contribution < 1.29 is 9.90 Å². The lowest BCUT2D eigenvalue weighted by Crippen LogP contribution is -2.24. The van der Waals surface area contributed by atoms with Crippen LogP contribution in [0.25, 0.3) is 10.4 Å². The number of carboxylic acid groups (broad SMARTS) is 1. The third-order valence-corrected chi connectivity index (χ3v) is 3.03. The molecule has 2 nitrogen and oxygen atoms in total. The van der Waals surface area contributed by atoms with Crippen LogP contribution >= 0.6 is 11.3 Å². The van der Waals surface area contributed by atoms with Gasteiger partial charge in [-0.25, -0.2) is 0 Å². The van der Waals surface area contributed by atoms with Crippen LogP contribution in [0.2, 0.25) is 0 Å². The van der Waals surface area contributed by atoms with Gasteiger partial charge in [-0.15, -0.1) is 11.3 Å². The van der Waals surface area contributed by atoms with Crippen LogP contribution in [0, 0.1) is 0 Å². The van der Waals surface area contributed by atoms with Crippen LogP contribution in [-0.4, -0.2) is 5.97 Å². The number of carbonyl (C=O) groups excluding carboxylic acids is 1. The van der Waals surface area contributed by atoms with E-state index in [2.05, 4.69) is 0 Å². The van der Waals surface area contributed by atoms with Crippen LogP contribution in [0.15, 0.2) is 41.8 Å². The Balaban J connectivity index is 2.21. The Hall–Kier alpha value is -1.61. The first kappa shape index (κ1) is 9.93. The summed E-state index contributed by atoms with van der Waals surface area (Å²) >= 11 is 1.67. The first-order chi connectivity index (χ1) is 7.25. The standard InChI is InChI=1S/C12H10O2S/c13-12(14)8-9-3-5-10(6-4-9)11-2-1-7-15-11/h1-7H,8H2,(H,13,14)/p-1. The predicted octanol–water partition coefficient (Wildman–Crippen LogP) is 1.71. The number of benzene rings is 1. The van der Waals surface area contributed by atoms with Gasteiger partial charge in [-0.1, -0.05) is 30.3 Å². The highest BCUT2D eigenvalue weighted by Crippen LogP contribution is 2.24. The Kier molecular flexibility index (Phi) is 2.83. The van der Waals surface area contributed by atoms with Gasteiger partial charge in [0.1, 0.15) is 0 Å². The van der Waals surface area contributed by atoms with Gasteiger partial charge >= 0.3 is 0 Å². The maximum atomic E-state index is 10.4. The first-order valence-corrected chi connectivity index (χ1v) is 5.46. The molecule has 2 aromatic rings. The Morgan fingerprint density at radius 2 is 1.93 bits per heavy atom. The highest BCUT2D eigenvalue weighted by Gasteiger charge is 1.98. The van der Waals surface area contributed by atoms with Gasteiger partial charge in [0.05, 0.1) is 0 Å². The van der Waals surface area contributed by atoms with E-state index in [0.29, 0.717) is 0 Å². The maximum absolute atomic E-state index is 10.4. The van der Waals surface area contributed by atoms with Gasteiger partial charge in [0, 0.05) is 17.3 Å². The number of carboxylic acids is 1. The summed E-state index contributed by atoms with van der Waals surface area (Å²) in [5.74, 6) is -1.04. The van der Waals surface area contributed by atoms with Gasteiger partial charge in [-0.2, -0.15) is 0 Å². The predicted molar refractivity (Wildman–Crippen MR) is 58.5 cm³/mol. The number of hydrogen-bond acceptors (Lipinski definition) is 3. The summed E-state index contributed by atoms with van der Waals surface area (Å²) in [6.45, 7) is 0. The van der Waals surface area contributed by atoms with Crippen LogP contribution in [0.5, 0.6) is 0 Å². The molecular formula is C12H9O2S-. The molecule has 0 radical (unpaired) electrons. The van der Waals surface area contributed by atoms with Gasteiger partial charge in [0.15, 0.2) is 0 Å². The van der Waals surface area contributed by atoms with E-state index in [0.717, 1.165) is 11.1 Å². The van der Waals surface area contributed by atoms with Crippen molar-refractivity contribution in [2.75, 3.05) is 0 Å². The van der Waals surface area contributed by atoms with Crippen molar-refractivity contribution in [2.24, 2.45) is 0 Å². The van der Waals surface area contributed by atoms with Crippen LogP contribution in [0.4, 0.5) is 0 Å². The summed E-state index contributed by atoms with van der Waals surface area (Å²) < 4.78 is 0. The second-order valence-electron chi connectivity index (χ2n) is 3.22. The van der Waals surface area contributed by atoms with E-state index in [1.54, 1.807) is 11.3 Å². The molecule has 0 N–H and O–H groups in total. The van der Waals surface area contributed by atoms with Gasteiger partial charge in [-0.3, -0.25) is 0 Å². The summed E-state index contributed by atoms with van der Waals surface area (Å²) in [6, 6.07) is 11.6. The lowest BCUT2D eigenvalue weighted by Gasteiger charge is -2.03. The molecule has 0 saturated carbocycles. The van der Waals surface area contributed by atoms with Gasteiger partial charge in [0.25, 0.3) is 0 Å². The smallest absolute Gasteiger partial charge is 0.0458 e. The van der Waals surface area contributed by atoms with Crippen molar-refractivity contribution in [3.63, 3.8) is 0 Å². The van der Waals surface area contributed by atoms with E-state index in [-0.39, 0.29) is 6.42 Å². The highest BCUT2D eigenvalue weighted by molar-refractivity contribution is 7.13. The Morgan fingerprint density at radius 1 is 1.20 bits per heavy atom. The zero-order chi connectivity index (χ0) is 10.7. The summed E-state index contributed by atoms with van der Waals surface area (Å²) in [6.07, 6.45) is -0.0231.